The van der Waals surface area contributed by atoms with Crippen LogP contribution < -0.4 is 4.74 Å². The van der Waals surface area contributed by atoms with Gasteiger partial charge < -0.3 is 23.8 Å². The van der Waals surface area contributed by atoms with E-state index in [9.17, 15) is 9.59 Å². The predicted octanol–water partition coefficient (Wildman–Crippen LogP) is 5.42. The molecule has 6 rings (SSSR count). The van der Waals surface area contributed by atoms with Gasteiger partial charge in [0.1, 0.15) is 21.5 Å². The number of likely N-dealkylation sites (N-methyl/N-ethyl adjacent to an activating group) is 1. The average Bonchev–Trinajstić information content (AvgIpc) is 3.75. The van der Waals surface area contributed by atoms with E-state index in [1.54, 1.807) is 18.4 Å². The first-order chi connectivity index (χ1) is 19.3. The average molecular weight is 561 g/mol. The number of carbonyl (C=O) groups excluding carboxylic acids is 2. The smallest absolute Gasteiger partial charge is 0.410 e. The Bertz CT molecular complexity index is 1550. The van der Waals surface area contributed by atoms with Crippen LogP contribution in [0.4, 0.5) is 4.79 Å². The molecule has 4 aromatic rings. The van der Waals surface area contributed by atoms with Crippen molar-refractivity contribution in [1.82, 2.24) is 30.1 Å². The van der Waals surface area contributed by atoms with E-state index in [4.69, 9.17) is 14.0 Å². The molecule has 206 valence electrons. The quantitative estimate of drug-likeness (QED) is 0.278. The predicted molar refractivity (Wildman–Crippen MR) is 146 cm³/mol. The monoisotopic (exact) mass is 560 g/mol. The molecule has 0 bridgehead atoms. The molecule has 2 saturated heterocycles. The van der Waals surface area contributed by atoms with Crippen molar-refractivity contribution >= 4 is 23.3 Å². The molecule has 1 unspecified atom stereocenters. The van der Waals surface area contributed by atoms with Crippen LogP contribution in [0.5, 0.6) is 11.5 Å². The second kappa shape index (κ2) is 10.7. The van der Waals surface area contributed by atoms with Crippen LogP contribution in [0.25, 0.3) is 22.0 Å². The van der Waals surface area contributed by atoms with Gasteiger partial charge in [0.25, 0.3) is 5.89 Å². The Hall–Kier alpha value is -4.32. The Morgan fingerprint density at radius 2 is 1.90 bits per heavy atom. The number of carbonyl (C=O) groups is 2. The second-order valence-electron chi connectivity index (χ2n) is 10.2. The first kappa shape index (κ1) is 25.9. The van der Waals surface area contributed by atoms with Crippen molar-refractivity contribution in [3.63, 3.8) is 0 Å². The van der Waals surface area contributed by atoms with Gasteiger partial charge in [-0.15, -0.1) is 10.2 Å². The van der Waals surface area contributed by atoms with Crippen molar-refractivity contribution in [2.75, 3.05) is 20.1 Å². The molecule has 2 amide bonds. The summed E-state index contributed by atoms with van der Waals surface area (Å²) in [6.07, 6.45) is 0.370. The third-order valence-electron chi connectivity index (χ3n) is 6.83. The topological polar surface area (TPSA) is 124 Å². The first-order valence-corrected chi connectivity index (χ1v) is 13.9. The SMILES string of the molecule is CC(C)c1nnc(-c2ccc(Oc3cc(-c4noc(C5CN(C)C(=O)O5)n4)ccc3CN3CCCC3=O)cc2)s1. The molecular weight excluding hydrogens is 532 g/mol. The highest BCUT2D eigenvalue weighted by atomic mass is 32.1. The Morgan fingerprint density at radius 3 is 2.58 bits per heavy atom. The number of nitrogens with zero attached hydrogens (tertiary/aromatic N) is 6. The highest BCUT2D eigenvalue weighted by molar-refractivity contribution is 7.14. The molecule has 11 nitrogen and oxygen atoms in total. The van der Waals surface area contributed by atoms with E-state index >= 15 is 0 Å². The number of cyclic esters (lactones) is 1. The lowest BCUT2D eigenvalue weighted by molar-refractivity contribution is -0.128. The van der Waals surface area contributed by atoms with Gasteiger partial charge in [0.2, 0.25) is 11.7 Å². The molecule has 12 heteroatoms. The van der Waals surface area contributed by atoms with Gasteiger partial charge in [-0.25, -0.2) is 4.79 Å². The van der Waals surface area contributed by atoms with Crippen molar-refractivity contribution in [3.8, 4) is 33.5 Å². The van der Waals surface area contributed by atoms with Crippen LogP contribution in [0.1, 0.15) is 55.2 Å². The van der Waals surface area contributed by atoms with E-state index < -0.39 is 12.2 Å². The third kappa shape index (κ3) is 5.26. The van der Waals surface area contributed by atoms with Gasteiger partial charge in [0.15, 0.2) is 6.10 Å². The maximum atomic E-state index is 12.3. The van der Waals surface area contributed by atoms with Gasteiger partial charge >= 0.3 is 6.09 Å². The lowest BCUT2D eigenvalue weighted by Gasteiger charge is -2.19. The first-order valence-electron chi connectivity index (χ1n) is 13.1. The molecule has 40 heavy (non-hydrogen) atoms. The van der Waals surface area contributed by atoms with Crippen LogP contribution in [0.3, 0.4) is 0 Å². The molecular formula is C28H28N6O5S. The molecule has 4 heterocycles. The summed E-state index contributed by atoms with van der Waals surface area (Å²) >= 11 is 1.58. The van der Waals surface area contributed by atoms with E-state index in [-0.39, 0.29) is 11.8 Å². The van der Waals surface area contributed by atoms with Gasteiger partial charge in [0.05, 0.1) is 6.54 Å². The van der Waals surface area contributed by atoms with Crippen LogP contribution in [-0.4, -0.2) is 62.3 Å². The van der Waals surface area contributed by atoms with Gasteiger partial charge in [0, 0.05) is 49.2 Å². The molecule has 2 aliphatic heterocycles. The molecule has 0 spiro atoms. The van der Waals surface area contributed by atoms with E-state index in [1.165, 1.54) is 4.90 Å². The molecule has 1 atom stereocenters. The number of benzene rings is 2. The van der Waals surface area contributed by atoms with Crippen LogP contribution in [-0.2, 0) is 16.1 Å². The Labute approximate surface area is 234 Å². The van der Waals surface area contributed by atoms with Gasteiger partial charge in [-0.3, -0.25) is 4.79 Å². The summed E-state index contributed by atoms with van der Waals surface area (Å²) in [6.45, 7) is 5.69. The standard InChI is InChI=1S/C28H28N6O5S/c1-16(2)26-30-31-27(40-26)17-8-10-20(11-9-17)37-21-13-18(6-7-19(21)14-34-12-4-5-23(34)35)24-29-25(39-32-24)22-15-33(3)28(36)38-22/h6-11,13,16,22H,4-5,12,14-15H2,1-3H3. The van der Waals surface area contributed by atoms with Crippen molar-refractivity contribution < 1.29 is 23.6 Å². The molecule has 2 fully saturated rings. The van der Waals surface area contributed by atoms with Crippen LogP contribution in [0, 0.1) is 0 Å². The summed E-state index contributed by atoms with van der Waals surface area (Å²) < 4.78 is 17.1. The molecule has 0 aliphatic carbocycles. The zero-order chi connectivity index (χ0) is 27.8. The summed E-state index contributed by atoms with van der Waals surface area (Å²) in [5.41, 5.74) is 2.50. The van der Waals surface area contributed by atoms with Crippen LogP contribution >= 0.6 is 11.3 Å². The molecule has 0 N–H and O–H groups in total. The van der Waals surface area contributed by atoms with Gasteiger partial charge in [-0.1, -0.05) is 42.5 Å². The van der Waals surface area contributed by atoms with Crippen molar-refractivity contribution in [1.29, 1.82) is 0 Å². The highest BCUT2D eigenvalue weighted by Gasteiger charge is 2.34. The second-order valence-corrected chi connectivity index (χ2v) is 11.2. The minimum atomic E-state index is -0.613. The van der Waals surface area contributed by atoms with Crippen molar-refractivity contribution in [3.05, 3.63) is 58.9 Å². The molecule has 2 aromatic heterocycles. The van der Waals surface area contributed by atoms with Crippen LogP contribution in [0.2, 0.25) is 0 Å². The van der Waals surface area contributed by atoms with E-state index in [0.717, 1.165) is 34.1 Å². The fourth-order valence-electron chi connectivity index (χ4n) is 4.56. The summed E-state index contributed by atoms with van der Waals surface area (Å²) in [5.74, 6) is 2.26. The lowest BCUT2D eigenvalue weighted by Crippen LogP contribution is -2.24. The third-order valence-corrected chi connectivity index (χ3v) is 8.11. The minimum Gasteiger partial charge on any atom is -0.457 e. The van der Waals surface area contributed by atoms with E-state index in [1.807, 2.05) is 47.4 Å². The number of likely N-dealkylation sites (tertiary alicyclic amines) is 1. The molecule has 2 aromatic carbocycles. The number of ether oxygens (including phenoxy) is 2. The fraction of sp³-hybridized carbons (Fsp3) is 0.357. The Kier molecular flexibility index (Phi) is 6.93. The van der Waals surface area contributed by atoms with E-state index in [2.05, 4.69) is 34.2 Å². The van der Waals surface area contributed by atoms with E-state index in [0.29, 0.717) is 48.3 Å². The maximum absolute atomic E-state index is 12.3. The normalized spacial score (nSPS) is 17.2. The number of amides is 2. The summed E-state index contributed by atoms with van der Waals surface area (Å²) in [5, 5.41) is 14.6. The maximum Gasteiger partial charge on any atom is 0.410 e. The molecule has 2 aliphatic rings. The Balaban J connectivity index is 1.27. The number of hydrogen-bond donors (Lipinski definition) is 0. The highest BCUT2D eigenvalue weighted by Crippen LogP contribution is 2.34. The van der Waals surface area contributed by atoms with Crippen LogP contribution in [0.15, 0.2) is 47.0 Å². The molecule has 0 radical (unpaired) electrons. The molecule has 0 saturated carbocycles. The van der Waals surface area contributed by atoms with Gasteiger partial charge in [-0.2, -0.15) is 4.98 Å². The van der Waals surface area contributed by atoms with Crippen molar-refractivity contribution in [2.24, 2.45) is 0 Å². The minimum absolute atomic E-state index is 0.135. The number of aromatic nitrogens is 4. The lowest BCUT2D eigenvalue weighted by atomic mass is 10.1. The summed E-state index contributed by atoms with van der Waals surface area (Å²) in [4.78, 5) is 31.8. The number of hydrogen-bond acceptors (Lipinski definition) is 10. The van der Waals surface area contributed by atoms with Crippen molar-refractivity contribution in [2.45, 2.75) is 45.3 Å². The van der Waals surface area contributed by atoms with Gasteiger partial charge in [-0.05, 0) is 36.8 Å². The Morgan fingerprint density at radius 1 is 1.10 bits per heavy atom. The summed E-state index contributed by atoms with van der Waals surface area (Å²) in [6, 6.07) is 13.3. The fourth-order valence-corrected chi connectivity index (χ4v) is 5.41. The zero-order valence-electron chi connectivity index (χ0n) is 22.4. The number of rotatable bonds is 8. The largest absolute Gasteiger partial charge is 0.457 e. The zero-order valence-corrected chi connectivity index (χ0v) is 23.2. The summed E-state index contributed by atoms with van der Waals surface area (Å²) in [7, 11) is 1.65.